The predicted molar refractivity (Wildman–Crippen MR) is 87.2 cm³/mol. The van der Waals surface area contributed by atoms with Gasteiger partial charge < -0.3 is 5.73 Å². The minimum Gasteiger partial charge on any atom is -0.384 e. The van der Waals surface area contributed by atoms with E-state index in [4.69, 9.17) is 17.3 Å². The van der Waals surface area contributed by atoms with Crippen molar-refractivity contribution in [3.05, 3.63) is 83.1 Å². The van der Waals surface area contributed by atoms with Crippen LogP contribution in [-0.4, -0.2) is 17.3 Å². The molecule has 1 heterocycles. The maximum atomic E-state index is 5.97. The van der Waals surface area contributed by atoms with Crippen molar-refractivity contribution >= 4 is 17.3 Å². The van der Waals surface area contributed by atoms with Gasteiger partial charge in [-0.05, 0) is 23.3 Å². The summed E-state index contributed by atoms with van der Waals surface area (Å²) in [6, 6.07) is 18.0. The Balaban J connectivity index is 2.01. The van der Waals surface area contributed by atoms with Gasteiger partial charge in [0.15, 0.2) is 0 Å². The first-order valence-corrected chi connectivity index (χ1v) is 7.14. The highest BCUT2D eigenvalue weighted by molar-refractivity contribution is 6.30. The molecule has 0 saturated carbocycles. The van der Waals surface area contributed by atoms with Gasteiger partial charge in [0.2, 0.25) is 0 Å². The molecular formula is C17H16ClN3. The van der Waals surface area contributed by atoms with Gasteiger partial charge in [-0.2, -0.15) is 5.10 Å². The third-order valence-corrected chi connectivity index (χ3v) is 3.84. The largest absolute Gasteiger partial charge is 0.384 e. The van der Waals surface area contributed by atoms with E-state index in [2.05, 4.69) is 23.8 Å². The molecule has 0 unspecified atom stereocenters. The van der Waals surface area contributed by atoms with Crippen molar-refractivity contribution in [1.29, 1.82) is 0 Å². The fraction of sp³-hybridized carbons (Fsp3) is 0.118. The van der Waals surface area contributed by atoms with Gasteiger partial charge >= 0.3 is 0 Å². The Kier molecular flexibility index (Phi) is 3.67. The number of hydrogen-bond donors (Lipinski definition) is 1. The Morgan fingerprint density at radius 1 is 1.14 bits per heavy atom. The molecule has 3 nitrogen and oxygen atoms in total. The topological polar surface area (TPSA) is 41.6 Å². The van der Waals surface area contributed by atoms with E-state index in [0.29, 0.717) is 17.4 Å². The summed E-state index contributed by atoms with van der Waals surface area (Å²) in [6.45, 7) is 4.49. The van der Waals surface area contributed by atoms with Gasteiger partial charge in [0.05, 0.1) is 12.3 Å². The summed E-state index contributed by atoms with van der Waals surface area (Å²) in [5.41, 5.74) is 9.07. The summed E-state index contributed by atoms with van der Waals surface area (Å²) >= 11 is 5.97. The second-order valence-corrected chi connectivity index (χ2v) is 5.47. The van der Waals surface area contributed by atoms with E-state index < -0.39 is 0 Å². The van der Waals surface area contributed by atoms with Gasteiger partial charge in [-0.25, -0.2) is 5.01 Å². The molecule has 0 spiro atoms. The zero-order valence-electron chi connectivity index (χ0n) is 11.5. The van der Waals surface area contributed by atoms with E-state index in [1.54, 1.807) is 5.01 Å². The van der Waals surface area contributed by atoms with Crippen LogP contribution < -0.4 is 5.73 Å². The Hall–Kier alpha value is -2.26. The van der Waals surface area contributed by atoms with Crippen LogP contribution >= 0.6 is 11.6 Å². The molecule has 3 rings (SSSR count). The first-order chi connectivity index (χ1) is 10.1. The molecule has 1 aliphatic heterocycles. The van der Waals surface area contributed by atoms with Crippen LogP contribution in [0.25, 0.3) is 0 Å². The van der Waals surface area contributed by atoms with Gasteiger partial charge in [0.1, 0.15) is 5.82 Å². The molecule has 0 saturated heterocycles. The van der Waals surface area contributed by atoms with Crippen LogP contribution in [0.3, 0.4) is 0 Å². The molecule has 0 aliphatic carbocycles. The molecule has 2 aromatic rings. The molecule has 0 aromatic heterocycles. The Morgan fingerprint density at radius 3 is 2.43 bits per heavy atom. The normalized spacial score (nSPS) is 17.7. The van der Waals surface area contributed by atoms with Crippen molar-refractivity contribution in [2.24, 2.45) is 10.8 Å². The predicted octanol–water partition coefficient (Wildman–Crippen LogP) is 3.57. The molecule has 1 aliphatic rings. The van der Waals surface area contributed by atoms with Gasteiger partial charge in [-0.1, -0.05) is 60.6 Å². The molecule has 4 heteroatoms. The Labute approximate surface area is 129 Å². The van der Waals surface area contributed by atoms with Crippen molar-refractivity contribution in [2.45, 2.75) is 5.92 Å². The van der Waals surface area contributed by atoms with Crippen LogP contribution in [0.1, 0.15) is 17.0 Å². The lowest BCUT2D eigenvalue weighted by atomic mass is 9.91. The Morgan fingerprint density at radius 2 is 1.81 bits per heavy atom. The molecule has 0 radical (unpaired) electrons. The Bertz CT molecular complexity index is 677. The number of hydrogen-bond acceptors (Lipinski definition) is 3. The highest BCUT2D eigenvalue weighted by Crippen LogP contribution is 2.29. The van der Waals surface area contributed by atoms with Gasteiger partial charge in [-0.3, -0.25) is 0 Å². The van der Waals surface area contributed by atoms with Crippen molar-refractivity contribution < 1.29 is 0 Å². The lowest BCUT2D eigenvalue weighted by molar-refractivity contribution is 0.388. The van der Waals surface area contributed by atoms with Crippen LogP contribution in [0.2, 0.25) is 5.02 Å². The number of hydrazone groups is 1. The maximum absolute atomic E-state index is 5.97. The highest BCUT2D eigenvalue weighted by Gasteiger charge is 2.29. The van der Waals surface area contributed by atoms with Crippen LogP contribution in [0.15, 0.2) is 72.1 Å². The maximum Gasteiger partial charge on any atom is 0.112 e. The van der Waals surface area contributed by atoms with E-state index in [0.717, 1.165) is 11.3 Å². The highest BCUT2D eigenvalue weighted by atomic mass is 35.5. The molecule has 0 bridgehead atoms. The number of halogens is 1. The lowest BCUT2D eigenvalue weighted by Gasteiger charge is -2.15. The van der Waals surface area contributed by atoms with E-state index in [1.165, 1.54) is 5.56 Å². The summed E-state index contributed by atoms with van der Waals surface area (Å²) in [7, 11) is 0. The first-order valence-electron chi connectivity index (χ1n) is 6.76. The van der Waals surface area contributed by atoms with Crippen LogP contribution in [0.5, 0.6) is 0 Å². The third-order valence-electron chi connectivity index (χ3n) is 3.59. The smallest absolute Gasteiger partial charge is 0.112 e. The quantitative estimate of drug-likeness (QED) is 0.941. The second kappa shape index (κ2) is 5.62. The monoisotopic (exact) mass is 297 g/mol. The molecule has 106 valence electrons. The molecule has 0 fully saturated rings. The number of nitrogens with zero attached hydrogens (tertiary/aromatic N) is 2. The van der Waals surface area contributed by atoms with Gasteiger partial charge in [0.25, 0.3) is 0 Å². The van der Waals surface area contributed by atoms with Crippen LogP contribution in [0, 0.1) is 0 Å². The molecule has 0 amide bonds. The minimum absolute atomic E-state index is 0.174. The van der Waals surface area contributed by atoms with E-state index in [-0.39, 0.29) is 5.92 Å². The summed E-state index contributed by atoms with van der Waals surface area (Å²) in [6.07, 6.45) is 0. The summed E-state index contributed by atoms with van der Waals surface area (Å²) in [5.74, 6) is 0.632. The van der Waals surface area contributed by atoms with Gasteiger partial charge in [0, 0.05) is 10.9 Å². The van der Waals surface area contributed by atoms with Crippen LogP contribution in [0.4, 0.5) is 0 Å². The van der Waals surface area contributed by atoms with Crippen molar-refractivity contribution in [2.75, 3.05) is 6.54 Å². The fourth-order valence-corrected chi connectivity index (χ4v) is 2.64. The summed E-state index contributed by atoms with van der Waals surface area (Å²) in [4.78, 5) is 0. The van der Waals surface area contributed by atoms with E-state index in [1.807, 2.05) is 42.5 Å². The average molecular weight is 298 g/mol. The van der Waals surface area contributed by atoms with E-state index >= 15 is 0 Å². The first kappa shape index (κ1) is 13.7. The molecule has 2 N–H and O–H groups in total. The molecule has 21 heavy (non-hydrogen) atoms. The van der Waals surface area contributed by atoms with Crippen LogP contribution in [-0.2, 0) is 0 Å². The molecular weight excluding hydrogens is 282 g/mol. The zero-order chi connectivity index (χ0) is 14.8. The van der Waals surface area contributed by atoms with Crippen molar-refractivity contribution in [3.8, 4) is 0 Å². The van der Waals surface area contributed by atoms with Crippen molar-refractivity contribution in [3.63, 3.8) is 0 Å². The third kappa shape index (κ3) is 2.78. The SMILES string of the molecule is C=C(N)N1C[C@H](c2ccccc2)C(c2ccc(Cl)cc2)=N1. The average Bonchev–Trinajstić information content (AvgIpc) is 2.94. The van der Waals surface area contributed by atoms with E-state index in [9.17, 15) is 0 Å². The number of rotatable bonds is 3. The summed E-state index contributed by atoms with van der Waals surface area (Å²) < 4.78 is 0. The summed E-state index contributed by atoms with van der Waals surface area (Å²) in [5, 5.41) is 7.10. The molecule has 2 aromatic carbocycles. The number of nitrogens with two attached hydrogens (primary N) is 1. The standard InChI is InChI=1S/C17H16ClN3/c1-12(19)21-11-16(13-5-3-2-4-6-13)17(20-21)14-7-9-15(18)10-8-14/h2-10,16H,1,11,19H2/t16-/m1/s1. The fourth-order valence-electron chi connectivity index (χ4n) is 2.51. The zero-order valence-corrected chi connectivity index (χ0v) is 12.3. The van der Waals surface area contributed by atoms with Crippen molar-refractivity contribution in [1.82, 2.24) is 5.01 Å². The minimum atomic E-state index is 0.174. The second-order valence-electron chi connectivity index (χ2n) is 5.03. The van der Waals surface area contributed by atoms with Gasteiger partial charge in [-0.15, -0.1) is 0 Å². The number of benzene rings is 2. The lowest BCUT2D eigenvalue weighted by Crippen LogP contribution is -2.22. The molecule has 1 atom stereocenters.